The maximum atomic E-state index is 11.2. The monoisotopic (exact) mass is 320 g/mol. The van der Waals surface area contributed by atoms with Gasteiger partial charge in [-0.2, -0.15) is 0 Å². The molecule has 0 bridgehead atoms. The summed E-state index contributed by atoms with van der Waals surface area (Å²) in [5.74, 6) is -1.71. The smallest absolute Gasteiger partial charge is 0.321 e. The number of allylic oxidation sites excluding steroid dienone is 1. The highest BCUT2D eigenvalue weighted by Crippen LogP contribution is 2.40. The molecule has 2 saturated heterocycles. The summed E-state index contributed by atoms with van der Waals surface area (Å²) in [5, 5.41) is 0. The van der Waals surface area contributed by atoms with Gasteiger partial charge in [0.05, 0.1) is 23.7 Å². The van der Waals surface area contributed by atoms with E-state index in [0.29, 0.717) is 5.92 Å². The molecule has 0 aromatic heterocycles. The first-order valence-electron chi connectivity index (χ1n) is 8.16. The van der Waals surface area contributed by atoms with Crippen molar-refractivity contribution in [2.45, 2.75) is 39.0 Å². The third-order valence-electron chi connectivity index (χ3n) is 5.19. The molecule has 4 rings (SSSR count). The van der Waals surface area contributed by atoms with Crippen LogP contribution in [-0.4, -0.2) is 23.9 Å². The van der Waals surface area contributed by atoms with Gasteiger partial charge in [0.25, 0.3) is 0 Å². The molecule has 6 heteroatoms. The van der Waals surface area contributed by atoms with Crippen LogP contribution in [0.25, 0.3) is 0 Å². The van der Waals surface area contributed by atoms with E-state index in [2.05, 4.69) is 9.47 Å². The van der Waals surface area contributed by atoms with Crippen LogP contribution in [0.1, 0.15) is 39.0 Å². The molecule has 0 radical (unpaired) electrons. The number of cyclic esters (lactones) is 4. The van der Waals surface area contributed by atoms with Crippen molar-refractivity contribution in [2.24, 2.45) is 29.6 Å². The zero-order valence-corrected chi connectivity index (χ0v) is 13.0. The molecule has 0 aromatic rings. The summed E-state index contributed by atoms with van der Waals surface area (Å²) in [5.41, 5.74) is 0. The maximum absolute atomic E-state index is 11.2. The van der Waals surface area contributed by atoms with Crippen molar-refractivity contribution in [3.8, 4) is 0 Å². The number of rotatable bonds is 0. The first-order chi connectivity index (χ1) is 11.0. The van der Waals surface area contributed by atoms with Gasteiger partial charge in [-0.25, -0.2) is 0 Å². The van der Waals surface area contributed by atoms with E-state index in [0.717, 1.165) is 32.1 Å². The van der Waals surface area contributed by atoms with Crippen LogP contribution in [0.2, 0.25) is 0 Å². The van der Waals surface area contributed by atoms with E-state index in [4.69, 9.17) is 0 Å². The Morgan fingerprint density at radius 3 is 2.26 bits per heavy atom. The molecule has 3 fully saturated rings. The molecule has 0 amide bonds. The van der Waals surface area contributed by atoms with Gasteiger partial charge in [-0.3, -0.25) is 19.2 Å². The van der Waals surface area contributed by atoms with E-state index < -0.39 is 0 Å². The Morgan fingerprint density at radius 1 is 0.870 bits per heavy atom. The highest BCUT2D eigenvalue weighted by atomic mass is 16.6. The van der Waals surface area contributed by atoms with Gasteiger partial charge in [0, 0.05) is 0 Å². The van der Waals surface area contributed by atoms with Crippen LogP contribution in [0.15, 0.2) is 12.2 Å². The SMILES string of the molecule is CC1CCCC2C(=O)OC(=O)C12.O=C1OC(=O)C2CCC=CC12. The van der Waals surface area contributed by atoms with Crippen LogP contribution < -0.4 is 0 Å². The van der Waals surface area contributed by atoms with Crippen molar-refractivity contribution in [1.29, 1.82) is 0 Å². The Balaban J connectivity index is 0.000000136. The fourth-order valence-electron chi connectivity index (χ4n) is 3.90. The Hall–Kier alpha value is -1.98. The Kier molecular flexibility index (Phi) is 4.33. The third kappa shape index (κ3) is 2.94. The second kappa shape index (κ2) is 6.26. The molecule has 2 aliphatic carbocycles. The zero-order valence-electron chi connectivity index (χ0n) is 13.0. The first kappa shape index (κ1) is 15.9. The lowest BCUT2D eigenvalue weighted by Crippen LogP contribution is -2.28. The van der Waals surface area contributed by atoms with Gasteiger partial charge >= 0.3 is 23.9 Å². The van der Waals surface area contributed by atoms with E-state index >= 15 is 0 Å². The summed E-state index contributed by atoms with van der Waals surface area (Å²) in [7, 11) is 0. The van der Waals surface area contributed by atoms with E-state index in [1.165, 1.54) is 0 Å². The van der Waals surface area contributed by atoms with Gasteiger partial charge in [0.1, 0.15) is 0 Å². The van der Waals surface area contributed by atoms with Crippen LogP contribution in [0, 0.1) is 29.6 Å². The minimum absolute atomic E-state index is 0.124. The molecule has 1 saturated carbocycles. The summed E-state index contributed by atoms with van der Waals surface area (Å²) < 4.78 is 9.08. The largest absolute Gasteiger partial charge is 0.393 e. The average Bonchev–Trinajstić information content (AvgIpc) is 2.99. The first-order valence-corrected chi connectivity index (χ1v) is 8.16. The lowest BCUT2D eigenvalue weighted by Gasteiger charge is -2.25. The summed E-state index contributed by atoms with van der Waals surface area (Å²) in [6, 6.07) is 0. The second-order valence-corrected chi connectivity index (χ2v) is 6.66. The van der Waals surface area contributed by atoms with Gasteiger partial charge < -0.3 is 9.47 Å². The summed E-state index contributed by atoms with van der Waals surface area (Å²) in [4.78, 5) is 44.2. The van der Waals surface area contributed by atoms with Crippen molar-refractivity contribution in [1.82, 2.24) is 0 Å². The van der Waals surface area contributed by atoms with Crippen molar-refractivity contribution >= 4 is 23.9 Å². The van der Waals surface area contributed by atoms with Crippen molar-refractivity contribution in [3.05, 3.63) is 12.2 Å². The molecule has 6 nitrogen and oxygen atoms in total. The number of fused-ring (bicyclic) bond motifs is 2. The lowest BCUT2D eigenvalue weighted by molar-refractivity contribution is -0.155. The van der Waals surface area contributed by atoms with E-state index in [-0.39, 0.29) is 47.5 Å². The normalized spacial score (nSPS) is 38.2. The second-order valence-electron chi connectivity index (χ2n) is 6.66. The van der Waals surface area contributed by atoms with Gasteiger partial charge in [-0.1, -0.05) is 25.5 Å². The topological polar surface area (TPSA) is 86.7 Å². The minimum Gasteiger partial charge on any atom is -0.393 e. The fraction of sp³-hybridized carbons (Fsp3) is 0.647. The standard InChI is InChI=1S/C9H12O3.C8H8O3/c1-5-3-2-4-6-7(5)9(11)12-8(6)10;9-7-5-3-1-2-4-6(5)8(10)11-7/h5-7H,2-4H2,1H3;1,3,5-6H,2,4H2. The molecule has 0 N–H and O–H groups in total. The molecule has 5 unspecified atom stereocenters. The lowest BCUT2D eigenvalue weighted by atomic mass is 9.74. The van der Waals surface area contributed by atoms with Crippen molar-refractivity contribution in [3.63, 3.8) is 0 Å². The summed E-state index contributed by atoms with van der Waals surface area (Å²) >= 11 is 0. The number of ether oxygens (including phenoxy) is 2. The highest BCUT2D eigenvalue weighted by molar-refractivity contribution is 5.98. The molecule has 0 aromatic carbocycles. The number of hydrogen-bond donors (Lipinski definition) is 0. The molecular formula is C17H20O6. The van der Waals surface area contributed by atoms with E-state index in [1.54, 1.807) is 6.08 Å². The molecule has 2 aliphatic heterocycles. The predicted molar refractivity (Wildman–Crippen MR) is 77.5 cm³/mol. The van der Waals surface area contributed by atoms with Crippen molar-refractivity contribution < 1.29 is 28.7 Å². The van der Waals surface area contributed by atoms with Crippen LogP contribution >= 0.6 is 0 Å². The molecule has 124 valence electrons. The molecule has 23 heavy (non-hydrogen) atoms. The van der Waals surface area contributed by atoms with Gasteiger partial charge in [0.15, 0.2) is 0 Å². The quantitative estimate of drug-likeness (QED) is 0.384. The summed E-state index contributed by atoms with van der Waals surface area (Å²) in [6.07, 6.45) is 8.27. The fourth-order valence-corrected chi connectivity index (χ4v) is 3.90. The van der Waals surface area contributed by atoms with Crippen LogP contribution in [0.3, 0.4) is 0 Å². The number of hydrogen-bond acceptors (Lipinski definition) is 6. The Morgan fingerprint density at radius 2 is 1.57 bits per heavy atom. The molecule has 0 spiro atoms. The number of carbonyl (C=O) groups is 4. The Bertz CT molecular complexity index is 578. The minimum atomic E-state index is -0.379. The molecule has 4 aliphatic rings. The van der Waals surface area contributed by atoms with E-state index in [1.807, 2.05) is 13.0 Å². The number of carbonyl (C=O) groups excluding carboxylic acids is 4. The third-order valence-corrected chi connectivity index (χ3v) is 5.19. The molecule has 5 atom stereocenters. The van der Waals surface area contributed by atoms with Crippen LogP contribution in [-0.2, 0) is 28.7 Å². The maximum Gasteiger partial charge on any atom is 0.321 e. The van der Waals surface area contributed by atoms with E-state index in [9.17, 15) is 19.2 Å². The molecular weight excluding hydrogens is 300 g/mol. The summed E-state index contributed by atoms with van der Waals surface area (Å²) in [6.45, 7) is 2.02. The predicted octanol–water partition coefficient (Wildman–Crippen LogP) is 1.77. The highest BCUT2D eigenvalue weighted by Gasteiger charge is 2.48. The molecule has 2 heterocycles. The Labute approximate surface area is 134 Å². The van der Waals surface area contributed by atoms with Crippen LogP contribution in [0.4, 0.5) is 0 Å². The van der Waals surface area contributed by atoms with Gasteiger partial charge in [0.2, 0.25) is 0 Å². The van der Waals surface area contributed by atoms with Crippen LogP contribution in [0.5, 0.6) is 0 Å². The van der Waals surface area contributed by atoms with Gasteiger partial charge in [-0.15, -0.1) is 0 Å². The average molecular weight is 320 g/mol. The van der Waals surface area contributed by atoms with Gasteiger partial charge in [-0.05, 0) is 31.6 Å². The zero-order chi connectivity index (χ0) is 16.6. The number of esters is 4. The van der Waals surface area contributed by atoms with Crippen molar-refractivity contribution in [2.75, 3.05) is 0 Å².